The topological polar surface area (TPSA) is 76.1 Å². The molecule has 6 nitrogen and oxygen atoms in total. The van der Waals surface area contributed by atoms with Gasteiger partial charge in [0.25, 0.3) is 5.91 Å². The molecule has 1 aromatic heterocycles. The maximum atomic E-state index is 12.4. The molecule has 28 heavy (non-hydrogen) atoms. The van der Waals surface area contributed by atoms with E-state index < -0.39 is 0 Å². The zero-order chi connectivity index (χ0) is 19.9. The van der Waals surface area contributed by atoms with Gasteiger partial charge in [0.2, 0.25) is 5.95 Å². The summed E-state index contributed by atoms with van der Waals surface area (Å²) in [6.07, 6.45) is 2.25. The number of amides is 1. The van der Waals surface area contributed by atoms with Crippen LogP contribution in [-0.4, -0.2) is 29.5 Å². The maximum absolute atomic E-state index is 12.4. The molecule has 2 N–H and O–H groups in total. The van der Waals surface area contributed by atoms with E-state index >= 15 is 0 Å². The molecule has 144 valence electrons. The molecule has 0 aliphatic heterocycles. The second kappa shape index (κ2) is 8.99. The molecule has 0 aliphatic rings. The highest BCUT2D eigenvalue weighted by molar-refractivity contribution is 5.92. The summed E-state index contributed by atoms with van der Waals surface area (Å²) in [5.74, 6) is 0.976. The van der Waals surface area contributed by atoms with Crippen molar-refractivity contribution in [1.82, 2.24) is 15.3 Å². The van der Waals surface area contributed by atoms with Gasteiger partial charge in [-0.2, -0.15) is 0 Å². The second-order valence-electron chi connectivity index (χ2n) is 6.53. The van der Waals surface area contributed by atoms with E-state index in [-0.39, 0.29) is 5.91 Å². The van der Waals surface area contributed by atoms with Crippen LogP contribution in [0, 0.1) is 13.8 Å². The Morgan fingerprint density at radius 2 is 1.93 bits per heavy atom. The zero-order valence-corrected chi connectivity index (χ0v) is 16.3. The minimum Gasteiger partial charge on any atom is -0.496 e. The Hall–Kier alpha value is -3.41. The fourth-order valence-corrected chi connectivity index (χ4v) is 2.93. The first-order chi connectivity index (χ1) is 13.6. The molecule has 0 radical (unpaired) electrons. The Bertz CT molecular complexity index is 972. The Balaban J connectivity index is 1.62. The first kappa shape index (κ1) is 19.4. The number of ether oxygens (including phenoxy) is 1. The molecule has 0 atom stereocenters. The largest absolute Gasteiger partial charge is 0.496 e. The Morgan fingerprint density at radius 3 is 2.71 bits per heavy atom. The van der Waals surface area contributed by atoms with Crippen LogP contribution in [0.25, 0.3) is 0 Å². The SMILES string of the molecule is COc1ccccc1CCNC(=O)c1ccnc(Nc2ccc(C)cc2C)n1. The summed E-state index contributed by atoms with van der Waals surface area (Å²) >= 11 is 0. The third-order valence-electron chi connectivity index (χ3n) is 4.39. The van der Waals surface area contributed by atoms with Gasteiger partial charge in [-0.25, -0.2) is 9.97 Å². The number of rotatable bonds is 7. The number of para-hydroxylation sites is 1. The van der Waals surface area contributed by atoms with Gasteiger partial charge in [0.15, 0.2) is 0 Å². The average Bonchev–Trinajstić information content (AvgIpc) is 2.70. The normalized spacial score (nSPS) is 10.4. The van der Waals surface area contributed by atoms with Crippen LogP contribution < -0.4 is 15.4 Å². The quantitative estimate of drug-likeness (QED) is 0.656. The monoisotopic (exact) mass is 376 g/mol. The summed E-state index contributed by atoms with van der Waals surface area (Å²) in [6, 6.07) is 15.5. The number of anilines is 2. The lowest BCUT2D eigenvalue weighted by Gasteiger charge is -2.11. The molecule has 0 aliphatic carbocycles. The van der Waals surface area contributed by atoms with Gasteiger partial charge in [0.1, 0.15) is 11.4 Å². The predicted molar refractivity (Wildman–Crippen MR) is 110 cm³/mol. The minimum absolute atomic E-state index is 0.235. The summed E-state index contributed by atoms with van der Waals surface area (Å²) in [4.78, 5) is 21.0. The van der Waals surface area contributed by atoms with E-state index in [1.807, 2.05) is 50.2 Å². The molecule has 6 heteroatoms. The van der Waals surface area contributed by atoms with E-state index in [2.05, 4.69) is 26.7 Å². The second-order valence-corrected chi connectivity index (χ2v) is 6.53. The molecule has 1 heterocycles. The van der Waals surface area contributed by atoms with Crippen LogP contribution in [0.3, 0.4) is 0 Å². The summed E-state index contributed by atoms with van der Waals surface area (Å²) in [7, 11) is 1.64. The number of methoxy groups -OCH3 is 1. The number of nitrogens with one attached hydrogen (secondary N) is 2. The Kier molecular flexibility index (Phi) is 6.22. The van der Waals surface area contributed by atoms with Crippen molar-refractivity contribution in [3.63, 3.8) is 0 Å². The Morgan fingerprint density at radius 1 is 1.11 bits per heavy atom. The van der Waals surface area contributed by atoms with Crippen molar-refractivity contribution in [2.45, 2.75) is 20.3 Å². The molecule has 0 spiro atoms. The van der Waals surface area contributed by atoms with Crippen molar-refractivity contribution in [1.29, 1.82) is 0 Å². The third kappa shape index (κ3) is 4.85. The van der Waals surface area contributed by atoms with E-state index in [1.165, 1.54) is 5.56 Å². The zero-order valence-electron chi connectivity index (χ0n) is 16.3. The van der Waals surface area contributed by atoms with Crippen molar-refractivity contribution in [3.8, 4) is 5.75 Å². The van der Waals surface area contributed by atoms with E-state index in [9.17, 15) is 4.79 Å². The number of aryl methyl sites for hydroxylation is 2. The number of carbonyl (C=O) groups excluding carboxylic acids is 1. The number of nitrogens with zero attached hydrogens (tertiary/aromatic N) is 2. The molecule has 0 bridgehead atoms. The highest BCUT2D eigenvalue weighted by atomic mass is 16.5. The summed E-state index contributed by atoms with van der Waals surface area (Å²) in [6.45, 7) is 4.55. The van der Waals surface area contributed by atoms with Gasteiger partial charge in [0, 0.05) is 18.4 Å². The van der Waals surface area contributed by atoms with Crippen molar-refractivity contribution in [2.75, 3.05) is 19.0 Å². The van der Waals surface area contributed by atoms with Crippen molar-refractivity contribution in [3.05, 3.63) is 77.1 Å². The predicted octanol–water partition coefficient (Wildman–Crippen LogP) is 3.82. The molecule has 0 unspecified atom stereocenters. The van der Waals surface area contributed by atoms with E-state index in [1.54, 1.807) is 19.4 Å². The molecule has 3 rings (SSSR count). The van der Waals surface area contributed by atoms with Crippen LogP contribution >= 0.6 is 0 Å². The molecule has 2 aromatic carbocycles. The molecular weight excluding hydrogens is 352 g/mol. The number of aromatic nitrogens is 2. The van der Waals surface area contributed by atoms with Gasteiger partial charge in [0.05, 0.1) is 7.11 Å². The van der Waals surface area contributed by atoms with Crippen LogP contribution in [0.1, 0.15) is 27.2 Å². The van der Waals surface area contributed by atoms with Gasteiger partial charge < -0.3 is 15.4 Å². The van der Waals surface area contributed by atoms with Gasteiger partial charge in [-0.15, -0.1) is 0 Å². The first-order valence-electron chi connectivity index (χ1n) is 9.14. The average molecular weight is 376 g/mol. The van der Waals surface area contributed by atoms with E-state index in [4.69, 9.17) is 4.74 Å². The third-order valence-corrected chi connectivity index (χ3v) is 4.39. The minimum atomic E-state index is -0.235. The summed E-state index contributed by atoms with van der Waals surface area (Å²) in [5.41, 5.74) is 4.56. The number of carbonyl (C=O) groups is 1. The highest BCUT2D eigenvalue weighted by Crippen LogP contribution is 2.19. The molecule has 0 saturated carbocycles. The molecule has 1 amide bonds. The molecular formula is C22H24N4O2. The van der Waals surface area contributed by atoms with Crippen LogP contribution in [0.2, 0.25) is 0 Å². The van der Waals surface area contributed by atoms with E-state index in [0.717, 1.165) is 22.6 Å². The molecule has 0 fully saturated rings. The lowest BCUT2D eigenvalue weighted by atomic mass is 10.1. The van der Waals surface area contributed by atoms with Crippen LogP contribution in [0.15, 0.2) is 54.7 Å². The molecule has 0 saturated heterocycles. The summed E-state index contributed by atoms with van der Waals surface area (Å²) < 4.78 is 5.34. The van der Waals surface area contributed by atoms with Gasteiger partial charge in [-0.3, -0.25) is 4.79 Å². The number of hydrogen-bond donors (Lipinski definition) is 2. The number of benzene rings is 2. The van der Waals surface area contributed by atoms with Crippen molar-refractivity contribution >= 4 is 17.5 Å². The molecule has 3 aromatic rings. The van der Waals surface area contributed by atoms with Crippen LogP contribution in [0.5, 0.6) is 5.75 Å². The first-order valence-corrected chi connectivity index (χ1v) is 9.14. The van der Waals surface area contributed by atoms with Crippen molar-refractivity contribution in [2.24, 2.45) is 0 Å². The van der Waals surface area contributed by atoms with Gasteiger partial charge >= 0.3 is 0 Å². The fourth-order valence-electron chi connectivity index (χ4n) is 2.93. The highest BCUT2D eigenvalue weighted by Gasteiger charge is 2.10. The van der Waals surface area contributed by atoms with Gasteiger partial charge in [-0.05, 0) is 49.6 Å². The lowest BCUT2D eigenvalue weighted by molar-refractivity contribution is 0.0949. The summed E-state index contributed by atoms with van der Waals surface area (Å²) in [5, 5.41) is 6.07. The Labute approximate surface area is 165 Å². The van der Waals surface area contributed by atoms with Crippen LogP contribution in [0.4, 0.5) is 11.6 Å². The fraction of sp³-hybridized carbons (Fsp3) is 0.227. The number of hydrogen-bond acceptors (Lipinski definition) is 5. The standard InChI is InChI=1S/C22H24N4O2/c1-15-8-9-18(16(2)14-15)25-22-24-13-11-19(26-22)21(27)23-12-10-17-6-4-5-7-20(17)28-3/h4-9,11,13-14H,10,12H2,1-3H3,(H,23,27)(H,24,25,26). The van der Waals surface area contributed by atoms with Gasteiger partial charge in [-0.1, -0.05) is 35.9 Å². The lowest BCUT2D eigenvalue weighted by Crippen LogP contribution is -2.26. The maximum Gasteiger partial charge on any atom is 0.270 e. The smallest absolute Gasteiger partial charge is 0.270 e. The van der Waals surface area contributed by atoms with E-state index in [0.29, 0.717) is 24.6 Å². The van der Waals surface area contributed by atoms with Crippen LogP contribution in [-0.2, 0) is 6.42 Å². The van der Waals surface area contributed by atoms with Crippen molar-refractivity contribution < 1.29 is 9.53 Å².